The van der Waals surface area contributed by atoms with Gasteiger partial charge < -0.3 is 5.73 Å². The molecular weight excluding hydrogens is 224 g/mol. The van der Waals surface area contributed by atoms with Gasteiger partial charge in [-0.1, -0.05) is 0 Å². The van der Waals surface area contributed by atoms with E-state index in [-0.39, 0.29) is 11.6 Å². The highest BCUT2D eigenvalue weighted by Gasteiger charge is 2.14. The Labute approximate surface area is 97.9 Å². The Bertz CT molecular complexity index is 547. The molecule has 1 aromatic heterocycles. The molecule has 0 amide bonds. The fraction of sp³-hybridized carbons (Fsp3) is 0.250. The maximum absolute atomic E-state index is 13.6. The van der Waals surface area contributed by atoms with Gasteiger partial charge in [-0.2, -0.15) is 5.10 Å². The summed E-state index contributed by atoms with van der Waals surface area (Å²) in [6.07, 6.45) is 1.64. The van der Waals surface area contributed by atoms with Crippen molar-refractivity contribution < 1.29 is 8.78 Å². The molecule has 2 aromatic rings. The van der Waals surface area contributed by atoms with Crippen LogP contribution >= 0.6 is 0 Å². The third-order valence-electron chi connectivity index (χ3n) is 2.48. The predicted octanol–water partition coefficient (Wildman–Crippen LogP) is 2.99. The quantitative estimate of drug-likeness (QED) is 0.872. The monoisotopic (exact) mass is 237 g/mol. The molecule has 0 atom stereocenters. The molecule has 0 aliphatic carbocycles. The number of aromatic nitrogens is 2. The van der Waals surface area contributed by atoms with Crippen molar-refractivity contribution in [3.63, 3.8) is 0 Å². The van der Waals surface area contributed by atoms with Crippen LogP contribution in [0.3, 0.4) is 0 Å². The summed E-state index contributed by atoms with van der Waals surface area (Å²) in [5, 5.41) is 4.20. The molecule has 17 heavy (non-hydrogen) atoms. The molecule has 90 valence electrons. The largest absolute Gasteiger partial charge is 0.396 e. The second kappa shape index (κ2) is 4.16. The van der Waals surface area contributed by atoms with E-state index in [1.807, 2.05) is 13.8 Å². The van der Waals surface area contributed by atoms with Crippen LogP contribution in [0.4, 0.5) is 14.5 Å². The van der Waals surface area contributed by atoms with Crippen molar-refractivity contribution in [2.45, 2.75) is 19.9 Å². The topological polar surface area (TPSA) is 43.8 Å². The zero-order valence-corrected chi connectivity index (χ0v) is 9.61. The lowest BCUT2D eigenvalue weighted by molar-refractivity contribution is 0.533. The van der Waals surface area contributed by atoms with E-state index in [0.717, 1.165) is 6.07 Å². The molecule has 0 aliphatic rings. The van der Waals surface area contributed by atoms with Gasteiger partial charge in [0.2, 0.25) is 0 Å². The first-order chi connectivity index (χ1) is 7.99. The van der Waals surface area contributed by atoms with Crippen molar-refractivity contribution >= 4 is 5.69 Å². The lowest BCUT2D eigenvalue weighted by Gasteiger charge is -2.04. The summed E-state index contributed by atoms with van der Waals surface area (Å²) in [4.78, 5) is 0. The summed E-state index contributed by atoms with van der Waals surface area (Å²) in [5.41, 5.74) is 6.71. The molecule has 1 aromatic carbocycles. The smallest absolute Gasteiger partial charge is 0.135 e. The zero-order chi connectivity index (χ0) is 12.6. The van der Waals surface area contributed by atoms with Gasteiger partial charge in [0, 0.05) is 23.9 Å². The van der Waals surface area contributed by atoms with Crippen LogP contribution < -0.4 is 5.73 Å². The van der Waals surface area contributed by atoms with E-state index in [2.05, 4.69) is 5.10 Å². The predicted molar refractivity (Wildman–Crippen MR) is 62.4 cm³/mol. The van der Waals surface area contributed by atoms with Gasteiger partial charge in [0.05, 0.1) is 5.69 Å². The van der Waals surface area contributed by atoms with E-state index in [0.29, 0.717) is 11.4 Å². The minimum Gasteiger partial charge on any atom is -0.396 e. The maximum Gasteiger partial charge on any atom is 0.135 e. The Morgan fingerprint density at radius 3 is 2.53 bits per heavy atom. The summed E-state index contributed by atoms with van der Waals surface area (Å²) in [6.45, 7) is 3.88. The molecule has 0 aliphatic heterocycles. The van der Waals surface area contributed by atoms with Crippen LogP contribution in [-0.4, -0.2) is 9.78 Å². The second-order valence-electron chi connectivity index (χ2n) is 4.13. The molecular formula is C12H13F2N3. The minimum atomic E-state index is -0.661. The van der Waals surface area contributed by atoms with Gasteiger partial charge in [0.15, 0.2) is 0 Å². The Morgan fingerprint density at radius 1 is 1.29 bits per heavy atom. The Kier molecular flexibility index (Phi) is 2.83. The van der Waals surface area contributed by atoms with Crippen LogP contribution in [-0.2, 0) is 0 Å². The molecule has 0 bridgehead atoms. The highest BCUT2D eigenvalue weighted by atomic mass is 19.1. The normalized spacial score (nSPS) is 11.1. The van der Waals surface area contributed by atoms with Crippen LogP contribution in [0, 0.1) is 11.6 Å². The highest BCUT2D eigenvalue weighted by molar-refractivity contribution is 5.72. The zero-order valence-electron chi connectivity index (χ0n) is 9.61. The SMILES string of the molecule is CC(C)n1cc(N)c(-c2ccc(F)cc2F)n1. The first kappa shape index (κ1) is 11.6. The van der Waals surface area contributed by atoms with Crippen molar-refractivity contribution in [3.05, 3.63) is 36.0 Å². The second-order valence-corrected chi connectivity index (χ2v) is 4.13. The number of rotatable bonds is 2. The molecule has 0 unspecified atom stereocenters. The number of nitrogens with two attached hydrogens (primary N) is 1. The molecule has 0 fully saturated rings. The summed E-state index contributed by atoms with van der Waals surface area (Å²) in [5.74, 6) is -1.28. The Morgan fingerprint density at radius 2 is 2.00 bits per heavy atom. The standard InChI is InChI=1S/C12H13F2N3/c1-7(2)17-6-11(15)12(16-17)9-4-3-8(13)5-10(9)14/h3-7H,15H2,1-2H3. The van der Waals surface area contributed by atoms with Gasteiger partial charge >= 0.3 is 0 Å². The number of nitrogens with zero attached hydrogens (tertiary/aromatic N) is 2. The van der Waals surface area contributed by atoms with E-state index in [9.17, 15) is 8.78 Å². The average molecular weight is 237 g/mol. The van der Waals surface area contributed by atoms with Crippen LogP contribution in [0.25, 0.3) is 11.3 Å². The third-order valence-corrected chi connectivity index (χ3v) is 2.48. The fourth-order valence-corrected chi connectivity index (χ4v) is 1.56. The van der Waals surface area contributed by atoms with Gasteiger partial charge in [-0.3, -0.25) is 4.68 Å². The van der Waals surface area contributed by atoms with E-state index in [1.165, 1.54) is 12.1 Å². The van der Waals surface area contributed by atoms with Crippen molar-refractivity contribution in [1.29, 1.82) is 0 Å². The van der Waals surface area contributed by atoms with Crippen molar-refractivity contribution in [2.24, 2.45) is 0 Å². The van der Waals surface area contributed by atoms with Crippen LogP contribution in [0.1, 0.15) is 19.9 Å². The van der Waals surface area contributed by atoms with Crippen molar-refractivity contribution in [1.82, 2.24) is 9.78 Å². The molecule has 0 spiro atoms. The Balaban J connectivity index is 2.52. The first-order valence-corrected chi connectivity index (χ1v) is 5.29. The molecule has 0 radical (unpaired) electrons. The number of anilines is 1. The lowest BCUT2D eigenvalue weighted by atomic mass is 10.1. The molecule has 0 saturated carbocycles. The van der Waals surface area contributed by atoms with E-state index in [4.69, 9.17) is 5.73 Å². The van der Waals surface area contributed by atoms with Gasteiger partial charge in [0.1, 0.15) is 17.3 Å². The van der Waals surface area contributed by atoms with E-state index in [1.54, 1.807) is 10.9 Å². The molecule has 3 nitrogen and oxygen atoms in total. The van der Waals surface area contributed by atoms with Gasteiger partial charge in [0.25, 0.3) is 0 Å². The number of hydrogen-bond donors (Lipinski definition) is 1. The molecule has 1 heterocycles. The maximum atomic E-state index is 13.6. The van der Waals surface area contributed by atoms with Crippen molar-refractivity contribution in [3.8, 4) is 11.3 Å². The van der Waals surface area contributed by atoms with E-state index < -0.39 is 11.6 Å². The number of halogens is 2. The van der Waals surface area contributed by atoms with Crippen LogP contribution in [0.15, 0.2) is 24.4 Å². The number of nitrogen functional groups attached to an aromatic ring is 1. The summed E-state index contributed by atoms with van der Waals surface area (Å²) < 4.78 is 28.0. The van der Waals surface area contributed by atoms with E-state index >= 15 is 0 Å². The minimum absolute atomic E-state index is 0.134. The fourth-order valence-electron chi connectivity index (χ4n) is 1.56. The number of hydrogen-bond acceptors (Lipinski definition) is 2. The summed E-state index contributed by atoms with van der Waals surface area (Å²) >= 11 is 0. The first-order valence-electron chi connectivity index (χ1n) is 5.29. The summed E-state index contributed by atoms with van der Waals surface area (Å²) in [6, 6.07) is 3.48. The molecule has 2 rings (SSSR count). The molecule has 0 saturated heterocycles. The number of benzene rings is 1. The molecule has 2 N–H and O–H groups in total. The summed E-state index contributed by atoms with van der Waals surface area (Å²) in [7, 11) is 0. The highest BCUT2D eigenvalue weighted by Crippen LogP contribution is 2.27. The average Bonchev–Trinajstić information content (AvgIpc) is 2.61. The van der Waals surface area contributed by atoms with Crippen molar-refractivity contribution in [2.75, 3.05) is 5.73 Å². The van der Waals surface area contributed by atoms with Gasteiger partial charge in [-0.05, 0) is 26.0 Å². The van der Waals surface area contributed by atoms with Gasteiger partial charge in [-0.25, -0.2) is 8.78 Å². The lowest BCUT2D eigenvalue weighted by Crippen LogP contribution is -2.01. The van der Waals surface area contributed by atoms with Gasteiger partial charge in [-0.15, -0.1) is 0 Å². The third kappa shape index (κ3) is 2.13. The Hall–Kier alpha value is -1.91. The van der Waals surface area contributed by atoms with Crippen LogP contribution in [0.5, 0.6) is 0 Å². The molecule has 5 heteroatoms. The van der Waals surface area contributed by atoms with Crippen LogP contribution in [0.2, 0.25) is 0 Å².